The van der Waals surface area contributed by atoms with Crippen LogP contribution in [0.1, 0.15) is 34.6 Å². The highest BCUT2D eigenvalue weighted by Gasteiger charge is 2.37. The van der Waals surface area contributed by atoms with E-state index in [0.29, 0.717) is 0 Å². The Kier molecular flexibility index (Phi) is 5.09. The Morgan fingerprint density at radius 2 is 1.69 bits per heavy atom. The molecule has 0 aliphatic carbocycles. The van der Waals surface area contributed by atoms with Crippen LogP contribution in [-0.2, 0) is 0 Å². The maximum Gasteiger partial charge on any atom is 0.147 e. The molecule has 0 spiro atoms. The van der Waals surface area contributed by atoms with Gasteiger partial charge in [-0.1, -0.05) is 33.8 Å². The van der Waals surface area contributed by atoms with E-state index in [9.17, 15) is 0 Å². The van der Waals surface area contributed by atoms with Crippen LogP contribution in [0.2, 0.25) is 17.1 Å². The monoisotopic (exact) mass is 194 g/mol. The Morgan fingerprint density at radius 1 is 1.23 bits per heavy atom. The molecule has 0 saturated heterocycles. The predicted octanol–water partition coefficient (Wildman–Crippen LogP) is 4.00. The molecule has 0 N–H and O–H groups in total. The van der Waals surface area contributed by atoms with Crippen molar-refractivity contribution < 1.29 is 0 Å². The van der Waals surface area contributed by atoms with Gasteiger partial charge in [-0.15, -0.1) is 18.0 Å². The predicted molar refractivity (Wildman–Crippen MR) is 64.4 cm³/mol. The van der Waals surface area contributed by atoms with Gasteiger partial charge in [0.15, 0.2) is 0 Å². The first-order valence-electron chi connectivity index (χ1n) is 5.06. The summed E-state index contributed by atoms with van der Waals surface area (Å²) in [6.45, 7) is 15.0. The van der Waals surface area contributed by atoms with Crippen molar-refractivity contribution in [3.05, 3.63) is 12.7 Å². The molecule has 0 saturated carbocycles. The minimum absolute atomic E-state index is 0.720. The lowest BCUT2D eigenvalue weighted by atomic mass is 10.5. The summed E-state index contributed by atoms with van der Waals surface area (Å²) in [4.78, 5) is 0. The average Bonchev–Trinajstić information content (AvgIpc) is 2.03. The van der Waals surface area contributed by atoms with Crippen molar-refractivity contribution in [2.24, 2.45) is 0 Å². The van der Waals surface area contributed by atoms with Crippen LogP contribution in [0.4, 0.5) is 0 Å². The summed E-state index contributed by atoms with van der Waals surface area (Å²) in [5, 5.41) is 0. The quantitative estimate of drug-likeness (QED) is 0.360. The van der Waals surface area contributed by atoms with Crippen molar-refractivity contribution in [1.82, 2.24) is 0 Å². The molecule has 0 bridgehead atoms. The molecule has 0 radical (unpaired) electrons. The average molecular weight is 194 g/mol. The lowest BCUT2D eigenvalue weighted by Gasteiger charge is -2.33. The van der Waals surface area contributed by atoms with Crippen LogP contribution < -0.4 is 0 Å². The van der Waals surface area contributed by atoms with E-state index in [2.05, 4.69) is 51.8 Å². The molecule has 0 rings (SSSR count). The molecule has 0 aromatic rings. The minimum atomic E-state index is -1.43. The minimum Gasteiger partial charge on any atom is -0.131 e. The fourth-order valence-electron chi connectivity index (χ4n) is 1.95. The highest BCUT2D eigenvalue weighted by atomic mass is 28.3. The first-order chi connectivity index (χ1) is 6.01. The number of hydrogen-bond acceptors (Lipinski definition) is 0. The molecule has 0 atom stereocenters. The van der Waals surface area contributed by atoms with Crippen molar-refractivity contribution in [2.75, 3.05) is 0 Å². The molecular weight excluding hydrogens is 172 g/mol. The molecule has 0 unspecified atom stereocenters. The second-order valence-electron chi connectivity index (χ2n) is 4.22. The Labute approximate surface area is 84.4 Å². The molecule has 0 heterocycles. The summed E-state index contributed by atoms with van der Waals surface area (Å²) in [6.07, 6.45) is 2.05. The van der Waals surface area contributed by atoms with Crippen LogP contribution in [-0.4, -0.2) is 8.07 Å². The highest BCUT2D eigenvalue weighted by molar-refractivity contribution is 6.89. The number of hydrogen-bond donors (Lipinski definition) is 0. The molecule has 0 fully saturated rings. The van der Waals surface area contributed by atoms with Crippen molar-refractivity contribution in [3.63, 3.8) is 0 Å². The summed E-state index contributed by atoms with van der Waals surface area (Å²) < 4.78 is 0. The Hall–Kier alpha value is -0.483. The SMILES string of the molecule is C=CC[Si](C#CC)(C(C)C)C(C)C. The van der Waals surface area contributed by atoms with Crippen LogP contribution in [0, 0.1) is 11.5 Å². The summed E-state index contributed by atoms with van der Waals surface area (Å²) in [5.74, 6) is 3.12. The molecule has 74 valence electrons. The van der Waals surface area contributed by atoms with E-state index in [4.69, 9.17) is 0 Å². The third kappa shape index (κ3) is 2.74. The van der Waals surface area contributed by atoms with Gasteiger partial charge in [-0.25, -0.2) is 0 Å². The van der Waals surface area contributed by atoms with Gasteiger partial charge >= 0.3 is 0 Å². The van der Waals surface area contributed by atoms with E-state index >= 15 is 0 Å². The third-order valence-corrected chi connectivity index (χ3v) is 8.70. The zero-order valence-corrected chi connectivity index (χ0v) is 10.6. The molecule has 0 aromatic carbocycles. The molecule has 0 aliphatic heterocycles. The van der Waals surface area contributed by atoms with E-state index < -0.39 is 8.07 Å². The fraction of sp³-hybridized carbons (Fsp3) is 0.667. The Morgan fingerprint density at radius 3 is 1.92 bits per heavy atom. The van der Waals surface area contributed by atoms with Gasteiger partial charge in [0, 0.05) is 0 Å². The lowest BCUT2D eigenvalue weighted by molar-refractivity contribution is 0.909. The van der Waals surface area contributed by atoms with E-state index in [-0.39, 0.29) is 0 Å². The van der Waals surface area contributed by atoms with Crippen LogP contribution >= 0.6 is 0 Å². The van der Waals surface area contributed by atoms with Crippen molar-refractivity contribution in [2.45, 2.75) is 51.7 Å². The van der Waals surface area contributed by atoms with Gasteiger partial charge in [0.25, 0.3) is 0 Å². The van der Waals surface area contributed by atoms with E-state index in [0.717, 1.165) is 17.1 Å². The topological polar surface area (TPSA) is 0 Å². The van der Waals surface area contributed by atoms with Gasteiger partial charge in [-0.2, -0.15) is 0 Å². The first kappa shape index (κ1) is 12.5. The van der Waals surface area contributed by atoms with Gasteiger partial charge in [-0.3, -0.25) is 0 Å². The summed E-state index contributed by atoms with van der Waals surface area (Å²) in [7, 11) is -1.43. The van der Waals surface area contributed by atoms with Crippen LogP contribution in [0.15, 0.2) is 12.7 Å². The van der Waals surface area contributed by atoms with E-state index in [1.807, 2.05) is 6.92 Å². The Bertz CT molecular complexity index is 207. The summed E-state index contributed by atoms with van der Waals surface area (Å²) >= 11 is 0. The lowest BCUT2D eigenvalue weighted by Crippen LogP contribution is -2.39. The zero-order valence-electron chi connectivity index (χ0n) is 9.65. The van der Waals surface area contributed by atoms with Crippen LogP contribution in [0.25, 0.3) is 0 Å². The van der Waals surface area contributed by atoms with Crippen molar-refractivity contribution in [1.29, 1.82) is 0 Å². The van der Waals surface area contributed by atoms with Gasteiger partial charge in [0.05, 0.1) is 0 Å². The first-order valence-corrected chi connectivity index (χ1v) is 7.42. The molecular formula is C12H22Si. The molecule has 0 nitrogen and oxygen atoms in total. The van der Waals surface area contributed by atoms with Gasteiger partial charge in [0.2, 0.25) is 0 Å². The normalized spacial score (nSPS) is 11.3. The van der Waals surface area contributed by atoms with E-state index in [1.54, 1.807) is 0 Å². The van der Waals surface area contributed by atoms with Crippen molar-refractivity contribution in [3.8, 4) is 11.5 Å². The second kappa shape index (κ2) is 5.29. The Balaban J connectivity index is 4.99. The maximum absolute atomic E-state index is 3.86. The van der Waals surface area contributed by atoms with Crippen molar-refractivity contribution >= 4 is 8.07 Å². The third-order valence-electron chi connectivity index (χ3n) is 2.90. The second-order valence-corrected chi connectivity index (χ2v) is 9.27. The maximum atomic E-state index is 3.86. The van der Waals surface area contributed by atoms with Gasteiger partial charge < -0.3 is 0 Å². The standard InChI is InChI=1S/C12H22Si/c1-7-9-13(10-8-2,11(3)4)12(5)6/h7,11-12H,1,9H2,2-6H3. The smallest absolute Gasteiger partial charge is 0.131 e. The largest absolute Gasteiger partial charge is 0.147 e. The number of allylic oxidation sites excluding steroid dienone is 1. The fourth-order valence-corrected chi connectivity index (χ4v) is 5.85. The molecule has 1 heteroatoms. The molecule has 13 heavy (non-hydrogen) atoms. The zero-order chi connectivity index (χ0) is 10.5. The molecule has 0 aromatic heterocycles. The number of rotatable bonds is 4. The highest BCUT2D eigenvalue weighted by Crippen LogP contribution is 2.35. The molecule has 0 amide bonds. The van der Waals surface area contributed by atoms with Crippen LogP contribution in [0.3, 0.4) is 0 Å². The van der Waals surface area contributed by atoms with Gasteiger partial charge in [0.1, 0.15) is 8.07 Å². The van der Waals surface area contributed by atoms with E-state index in [1.165, 1.54) is 0 Å². The summed E-state index contributed by atoms with van der Waals surface area (Å²) in [5.41, 5.74) is 4.95. The summed E-state index contributed by atoms with van der Waals surface area (Å²) in [6, 6.07) is 1.13. The van der Waals surface area contributed by atoms with Gasteiger partial charge in [-0.05, 0) is 24.1 Å². The van der Waals surface area contributed by atoms with Crippen LogP contribution in [0.5, 0.6) is 0 Å². The molecule has 0 aliphatic rings.